The SMILES string of the molecule is CCCN(C(=O)COC(=O)c1ccc(OC)cc1O)[C@H]1CCS(=O)(=O)C1. The lowest BCUT2D eigenvalue weighted by atomic mass is 10.2. The number of ether oxygens (including phenoxy) is 2. The number of rotatable bonds is 7. The summed E-state index contributed by atoms with van der Waals surface area (Å²) in [5.74, 6) is -1.22. The van der Waals surface area contributed by atoms with E-state index < -0.39 is 28.3 Å². The summed E-state index contributed by atoms with van der Waals surface area (Å²) in [5.41, 5.74) is -0.0796. The Kier molecular flexibility index (Phi) is 6.47. The number of esters is 1. The van der Waals surface area contributed by atoms with Gasteiger partial charge in [0.15, 0.2) is 16.4 Å². The Hall–Kier alpha value is -2.29. The van der Waals surface area contributed by atoms with Crippen molar-refractivity contribution in [3.63, 3.8) is 0 Å². The summed E-state index contributed by atoms with van der Waals surface area (Å²) in [6, 6.07) is 3.71. The number of benzene rings is 1. The number of phenols is 1. The van der Waals surface area contributed by atoms with Gasteiger partial charge in [-0.2, -0.15) is 0 Å². The number of carbonyl (C=O) groups excluding carboxylic acids is 2. The van der Waals surface area contributed by atoms with Gasteiger partial charge >= 0.3 is 5.97 Å². The molecule has 0 aromatic heterocycles. The number of hydrogen-bond donors (Lipinski definition) is 1. The number of nitrogens with zero attached hydrogens (tertiary/aromatic N) is 1. The van der Waals surface area contributed by atoms with Gasteiger partial charge in [-0.1, -0.05) is 6.92 Å². The molecule has 1 heterocycles. The highest BCUT2D eigenvalue weighted by molar-refractivity contribution is 7.91. The van der Waals surface area contributed by atoms with E-state index in [0.717, 1.165) is 0 Å². The molecule has 1 saturated heterocycles. The van der Waals surface area contributed by atoms with Crippen LogP contribution in [0.25, 0.3) is 0 Å². The van der Waals surface area contributed by atoms with Crippen LogP contribution in [0.5, 0.6) is 11.5 Å². The molecule has 144 valence electrons. The van der Waals surface area contributed by atoms with Crippen LogP contribution in [0.4, 0.5) is 0 Å². The molecule has 0 saturated carbocycles. The van der Waals surface area contributed by atoms with E-state index in [4.69, 9.17) is 9.47 Å². The largest absolute Gasteiger partial charge is 0.507 e. The molecule has 8 nitrogen and oxygen atoms in total. The van der Waals surface area contributed by atoms with Crippen LogP contribution in [0.1, 0.15) is 30.1 Å². The van der Waals surface area contributed by atoms with Gasteiger partial charge < -0.3 is 19.5 Å². The highest BCUT2D eigenvalue weighted by atomic mass is 32.2. The molecule has 0 unspecified atom stereocenters. The lowest BCUT2D eigenvalue weighted by Crippen LogP contribution is -2.43. The maximum absolute atomic E-state index is 12.4. The molecule has 1 aliphatic heterocycles. The predicted octanol–water partition coefficient (Wildman–Crippen LogP) is 0.983. The molecule has 0 aliphatic carbocycles. The monoisotopic (exact) mass is 385 g/mol. The van der Waals surface area contributed by atoms with Gasteiger partial charge in [-0.05, 0) is 25.0 Å². The standard InChI is InChI=1S/C17H23NO7S/c1-3-7-18(12-6-8-26(22,23)11-12)16(20)10-25-17(21)14-5-4-13(24-2)9-15(14)19/h4-5,9,12,19H,3,6-8,10-11H2,1-2H3/t12-/m0/s1. The lowest BCUT2D eigenvalue weighted by molar-refractivity contribution is -0.136. The van der Waals surface area contributed by atoms with Gasteiger partial charge in [0.1, 0.15) is 17.1 Å². The molecule has 0 spiro atoms. The molecule has 26 heavy (non-hydrogen) atoms. The second-order valence-corrected chi connectivity index (χ2v) is 8.33. The minimum absolute atomic E-state index is 0.0602. The molecule has 0 bridgehead atoms. The lowest BCUT2D eigenvalue weighted by Gasteiger charge is -2.27. The summed E-state index contributed by atoms with van der Waals surface area (Å²) in [5, 5.41) is 9.84. The maximum atomic E-state index is 12.4. The molecule has 2 rings (SSSR count). The second kappa shape index (κ2) is 8.39. The van der Waals surface area contributed by atoms with Gasteiger partial charge in [-0.25, -0.2) is 13.2 Å². The topological polar surface area (TPSA) is 110 Å². The van der Waals surface area contributed by atoms with Crippen LogP contribution in [0.2, 0.25) is 0 Å². The quantitative estimate of drug-likeness (QED) is 0.697. The van der Waals surface area contributed by atoms with Crippen molar-refractivity contribution in [3.05, 3.63) is 23.8 Å². The summed E-state index contributed by atoms with van der Waals surface area (Å²) in [6.07, 6.45) is 1.05. The first-order valence-electron chi connectivity index (χ1n) is 8.31. The molecule has 1 aliphatic rings. The second-order valence-electron chi connectivity index (χ2n) is 6.10. The Morgan fingerprint density at radius 3 is 2.62 bits per heavy atom. The van der Waals surface area contributed by atoms with Crippen molar-refractivity contribution < 1.29 is 32.6 Å². The third-order valence-electron chi connectivity index (χ3n) is 4.19. The first-order chi connectivity index (χ1) is 12.3. The van der Waals surface area contributed by atoms with E-state index in [9.17, 15) is 23.1 Å². The van der Waals surface area contributed by atoms with Crippen LogP contribution in [0.3, 0.4) is 0 Å². The van der Waals surface area contributed by atoms with E-state index >= 15 is 0 Å². The Balaban J connectivity index is 2.00. The Labute approximate surface area is 152 Å². The number of methoxy groups -OCH3 is 1. The van der Waals surface area contributed by atoms with E-state index in [0.29, 0.717) is 25.1 Å². The summed E-state index contributed by atoms with van der Waals surface area (Å²) >= 11 is 0. The van der Waals surface area contributed by atoms with Crippen LogP contribution in [0.15, 0.2) is 18.2 Å². The summed E-state index contributed by atoms with van der Waals surface area (Å²) < 4.78 is 33.2. The molecule has 1 aromatic rings. The predicted molar refractivity (Wildman–Crippen MR) is 94.0 cm³/mol. The van der Waals surface area contributed by atoms with Gasteiger partial charge in [0.25, 0.3) is 5.91 Å². The van der Waals surface area contributed by atoms with Gasteiger partial charge in [-0.15, -0.1) is 0 Å². The zero-order chi connectivity index (χ0) is 19.3. The first kappa shape index (κ1) is 20.0. The number of carbonyl (C=O) groups is 2. The molecule has 1 amide bonds. The van der Waals surface area contributed by atoms with Crippen molar-refractivity contribution in [1.29, 1.82) is 0 Å². The normalized spacial score (nSPS) is 18.3. The number of sulfone groups is 1. The Morgan fingerprint density at radius 1 is 1.35 bits per heavy atom. The molecule has 0 radical (unpaired) electrons. The average Bonchev–Trinajstić information content (AvgIpc) is 2.96. The first-order valence-corrected chi connectivity index (χ1v) is 10.1. The van der Waals surface area contributed by atoms with E-state index in [1.54, 1.807) is 0 Å². The minimum Gasteiger partial charge on any atom is -0.507 e. The maximum Gasteiger partial charge on any atom is 0.342 e. The van der Waals surface area contributed by atoms with Gasteiger partial charge in [0.05, 0.1) is 18.6 Å². The molecule has 1 atom stereocenters. The van der Waals surface area contributed by atoms with Crippen LogP contribution in [0, 0.1) is 0 Å². The number of hydrogen-bond acceptors (Lipinski definition) is 7. The molecule has 1 fully saturated rings. The van der Waals surface area contributed by atoms with E-state index in [1.165, 1.54) is 30.2 Å². The van der Waals surface area contributed by atoms with Gasteiger partial charge in [0, 0.05) is 18.7 Å². The Morgan fingerprint density at radius 2 is 2.08 bits per heavy atom. The fraction of sp³-hybridized carbons (Fsp3) is 0.529. The highest BCUT2D eigenvalue weighted by Gasteiger charge is 2.34. The fourth-order valence-electron chi connectivity index (χ4n) is 2.87. The zero-order valence-electron chi connectivity index (χ0n) is 14.8. The van der Waals surface area contributed by atoms with Crippen molar-refractivity contribution in [2.45, 2.75) is 25.8 Å². The third-order valence-corrected chi connectivity index (χ3v) is 5.94. The van der Waals surface area contributed by atoms with Gasteiger partial charge in [-0.3, -0.25) is 4.79 Å². The van der Waals surface area contributed by atoms with Crippen molar-refractivity contribution in [3.8, 4) is 11.5 Å². The van der Waals surface area contributed by atoms with Crippen molar-refractivity contribution in [2.75, 3.05) is 31.8 Å². The van der Waals surface area contributed by atoms with Crippen molar-refractivity contribution >= 4 is 21.7 Å². The molecular weight excluding hydrogens is 362 g/mol. The Bertz CT molecular complexity index is 775. The number of phenolic OH excluding ortho intramolecular Hbond substituents is 1. The number of amides is 1. The molecular formula is C17H23NO7S. The zero-order valence-corrected chi connectivity index (χ0v) is 15.6. The highest BCUT2D eigenvalue weighted by Crippen LogP contribution is 2.24. The van der Waals surface area contributed by atoms with Crippen LogP contribution < -0.4 is 4.74 Å². The summed E-state index contributed by atoms with van der Waals surface area (Å²) in [6.45, 7) is 1.76. The van der Waals surface area contributed by atoms with Crippen molar-refractivity contribution in [2.24, 2.45) is 0 Å². The smallest absolute Gasteiger partial charge is 0.342 e. The van der Waals surface area contributed by atoms with E-state index in [-0.39, 0.29) is 28.9 Å². The fourth-order valence-corrected chi connectivity index (χ4v) is 4.60. The molecule has 1 aromatic carbocycles. The van der Waals surface area contributed by atoms with E-state index in [2.05, 4.69) is 0 Å². The third kappa shape index (κ3) is 4.87. The van der Waals surface area contributed by atoms with Crippen molar-refractivity contribution in [1.82, 2.24) is 4.90 Å². The van der Waals surface area contributed by atoms with Crippen LogP contribution >= 0.6 is 0 Å². The van der Waals surface area contributed by atoms with Crippen LogP contribution in [-0.4, -0.2) is 68.1 Å². The van der Waals surface area contributed by atoms with E-state index in [1.807, 2.05) is 6.92 Å². The summed E-state index contributed by atoms with van der Waals surface area (Å²) in [4.78, 5) is 26.0. The summed E-state index contributed by atoms with van der Waals surface area (Å²) in [7, 11) is -1.70. The molecule has 1 N–H and O–H groups in total. The molecule has 9 heteroatoms. The van der Waals surface area contributed by atoms with Gasteiger partial charge in [0.2, 0.25) is 0 Å². The average molecular weight is 385 g/mol. The minimum atomic E-state index is -3.13. The number of aromatic hydroxyl groups is 1. The van der Waals surface area contributed by atoms with Crippen LogP contribution in [-0.2, 0) is 19.4 Å².